The molecular formula is C22H16Cl2F3NO4S2. The van der Waals surface area contributed by atoms with Crippen molar-refractivity contribution in [3.05, 3.63) is 87.4 Å². The van der Waals surface area contributed by atoms with E-state index in [-0.39, 0.29) is 16.5 Å². The number of carbonyl (C=O) groups excluding carboxylic acids is 1. The Balaban J connectivity index is 1.91. The number of methoxy groups -OCH3 is 1. The van der Waals surface area contributed by atoms with Gasteiger partial charge in [-0.1, -0.05) is 41.4 Å². The van der Waals surface area contributed by atoms with Crippen LogP contribution < -0.4 is 4.72 Å². The van der Waals surface area contributed by atoms with Crippen LogP contribution in [0, 0.1) is 0 Å². The van der Waals surface area contributed by atoms with E-state index < -0.39 is 37.7 Å². The monoisotopic (exact) mass is 549 g/mol. The van der Waals surface area contributed by atoms with Crippen LogP contribution in [0.15, 0.2) is 70.5 Å². The molecule has 0 spiro atoms. The van der Waals surface area contributed by atoms with Gasteiger partial charge in [-0.3, -0.25) is 4.72 Å². The summed E-state index contributed by atoms with van der Waals surface area (Å²) in [6.45, 7) is 0. The lowest BCUT2D eigenvalue weighted by atomic mass is 10.1. The maximum Gasteiger partial charge on any atom is 0.417 e. The van der Waals surface area contributed by atoms with Crippen LogP contribution in [-0.4, -0.2) is 21.5 Å². The van der Waals surface area contributed by atoms with E-state index in [0.717, 1.165) is 12.1 Å². The molecule has 0 aromatic heterocycles. The number of hydrogen-bond acceptors (Lipinski definition) is 5. The molecule has 0 saturated carbocycles. The van der Waals surface area contributed by atoms with Crippen LogP contribution in [0.3, 0.4) is 0 Å². The maximum atomic E-state index is 13.2. The fourth-order valence-corrected chi connectivity index (χ4v) is 5.46. The maximum absolute atomic E-state index is 13.2. The van der Waals surface area contributed by atoms with Crippen LogP contribution >= 0.6 is 35.0 Å². The quantitative estimate of drug-likeness (QED) is 0.256. The number of rotatable bonds is 7. The molecule has 0 amide bonds. The lowest BCUT2D eigenvalue weighted by molar-refractivity contribution is -0.137. The van der Waals surface area contributed by atoms with Gasteiger partial charge in [0, 0.05) is 15.7 Å². The van der Waals surface area contributed by atoms with Crippen molar-refractivity contribution in [3.8, 4) is 0 Å². The highest BCUT2D eigenvalue weighted by Gasteiger charge is 2.34. The summed E-state index contributed by atoms with van der Waals surface area (Å²) >= 11 is 12.8. The molecule has 5 nitrogen and oxygen atoms in total. The van der Waals surface area contributed by atoms with Crippen molar-refractivity contribution in [3.63, 3.8) is 0 Å². The lowest BCUT2D eigenvalue weighted by Crippen LogP contribution is -2.15. The molecule has 0 saturated heterocycles. The minimum absolute atomic E-state index is 0.0663. The molecule has 0 radical (unpaired) electrons. The Morgan fingerprint density at radius 2 is 1.76 bits per heavy atom. The Hall–Kier alpha value is -2.40. The number of thioether (sulfide) groups is 1. The minimum Gasteiger partial charge on any atom is -0.465 e. The van der Waals surface area contributed by atoms with Crippen molar-refractivity contribution >= 4 is 56.6 Å². The third-order valence-corrected chi connectivity index (χ3v) is 7.60. The standard InChI is InChI=1S/C22H16Cl2F3NO4S2/c1-32-21(29)16-5-3-2-4-13(16)12-33-20-9-6-14(23)10-19(20)28-34(30,31)15-7-8-18(24)17(11-15)22(25,26)27/h2-11,28H,12H2,1H3. The van der Waals surface area contributed by atoms with E-state index in [1.165, 1.54) is 31.0 Å². The van der Waals surface area contributed by atoms with E-state index in [2.05, 4.69) is 4.72 Å². The minimum atomic E-state index is -4.83. The summed E-state index contributed by atoms with van der Waals surface area (Å²) in [4.78, 5) is 11.8. The zero-order valence-electron chi connectivity index (χ0n) is 17.3. The smallest absolute Gasteiger partial charge is 0.417 e. The van der Waals surface area contributed by atoms with Crippen molar-refractivity contribution in [2.75, 3.05) is 11.8 Å². The van der Waals surface area contributed by atoms with Gasteiger partial charge in [-0.15, -0.1) is 11.8 Å². The second-order valence-corrected chi connectivity index (χ2v) is 10.4. The number of halogens is 5. The first kappa shape index (κ1) is 26.2. The van der Waals surface area contributed by atoms with E-state index in [9.17, 15) is 26.4 Å². The zero-order valence-corrected chi connectivity index (χ0v) is 20.5. The summed E-state index contributed by atoms with van der Waals surface area (Å²) in [6, 6.07) is 13.5. The molecule has 0 aliphatic rings. The first-order chi connectivity index (χ1) is 15.9. The van der Waals surface area contributed by atoms with E-state index in [0.29, 0.717) is 22.1 Å². The molecule has 0 heterocycles. The molecule has 34 heavy (non-hydrogen) atoms. The number of hydrogen-bond donors (Lipinski definition) is 1. The Labute approximate surface area is 208 Å². The predicted octanol–water partition coefficient (Wildman–Crippen LogP) is 6.89. The van der Waals surface area contributed by atoms with E-state index in [4.69, 9.17) is 27.9 Å². The molecule has 0 bridgehead atoms. The van der Waals surface area contributed by atoms with Crippen LogP contribution in [0.1, 0.15) is 21.5 Å². The zero-order chi connectivity index (χ0) is 25.1. The normalized spacial score (nSPS) is 11.8. The van der Waals surface area contributed by atoms with Gasteiger partial charge in [0.25, 0.3) is 10.0 Å². The number of benzene rings is 3. The van der Waals surface area contributed by atoms with Gasteiger partial charge in [0.05, 0.1) is 33.8 Å². The van der Waals surface area contributed by atoms with Gasteiger partial charge in [-0.05, 0) is 48.0 Å². The largest absolute Gasteiger partial charge is 0.465 e. The molecule has 0 fully saturated rings. The Morgan fingerprint density at radius 3 is 2.44 bits per heavy atom. The molecule has 180 valence electrons. The molecule has 3 aromatic rings. The number of anilines is 1. The number of ether oxygens (including phenoxy) is 1. The highest BCUT2D eigenvalue weighted by molar-refractivity contribution is 7.98. The van der Waals surface area contributed by atoms with Crippen molar-refractivity contribution in [2.45, 2.75) is 21.7 Å². The number of esters is 1. The fraction of sp³-hybridized carbons (Fsp3) is 0.136. The lowest BCUT2D eigenvalue weighted by Gasteiger charge is -2.15. The molecule has 3 aromatic carbocycles. The second kappa shape index (κ2) is 10.5. The van der Waals surface area contributed by atoms with Crippen LogP contribution in [0.5, 0.6) is 0 Å². The van der Waals surface area contributed by atoms with Crippen molar-refractivity contribution in [1.82, 2.24) is 0 Å². The van der Waals surface area contributed by atoms with Crippen LogP contribution in [0.2, 0.25) is 10.0 Å². The van der Waals surface area contributed by atoms with Gasteiger partial charge in [-0.2, -0.15) is 13.2 Å². The van der Waals surface area contributed by atoms with Crippen molar-refractivity contribution in [1.29, 1.82) is 0 Å². The highest BCUT2D eigenvalue weighted by atomic mass is 35.5. The van der Waals surface area contributed by atoms with Gasteiger partial charge in [-0.25, -0.2) is 13.2 Å². The molecule has 0 aliphatic carbocycles. The average molecular weight is 550 g/mol. The summed E-state index contributed by atoms with van der Waals surface area (Å²) in [5.74, 6) is -0.239. The van der Waals surface area contributed by atoms with Gasteiger partial charge >= 0.3 is 12.1 Å². The summed E-state index contributed by atoms with van der Waals surface area (Å²) in [5.41, 5.74) is -0.196. The fourth-order valence-electron chi connectivity index (χ4n) is 2.91. The molecule has 1 N–H and O–H groups in total. The van der Waals surface area contributed by atoms with Gasteiger partial charge in [0.15, 0.2) is 0 Å². The Kier molecular flexibility index (Phi) is 8.07. The predicted molar refractivity (Wildman–Crippen MR) is 126 cm³/mol. The van der Waals surface area contributed by atoms with Crippen LogP contribution in [0.25, 0.3) is 0 Å². The SMILES string of the molecule is COC(=O)c1ccccc1CSc1ccc(Cl)cc1NS(=O)(=O)c1ccc(Cl)c(C(F)(F)F)c1. The average Bonchev–Trinajstić information content (AvgIpc) is 2.77. The van der Waals surface area contributed by atoms with Gasteiger partial charge in [0.2, 0.25) is 0 Å². The summed E-state index contributed by atoms with van der Waals surface area (Å²) in [6.07, 6.45) is -4.83. The van der Waals surface area contributed by atoms with E-state index >= 15 is 0 Å². The molecule has 0 atom stereocenters. The van der Waals surface area contributed by atoms with Gasteiger partial charge < -0.3 is 4.74 Å². The molecule has 12 heteroatoms. The third-order valence-electron chi connectivity index (χ3n) is 4.55. The second-order valence-electron chi connectivity index (χ2n) is 6.82. The van der Waals surface area contributed by atoms with Crippen molar-refractivity contribution < 1.29 is 31.1 Å². The number of nitrogens with one attached hydrogen (secondary N) is 1. The summed E-state index contributed by atoms with van der Waals surface area (Å²) in [5, 5.41) is -0.404. The molecular weight excluding hydrogens is 534 g/mol. The number of sulfonamides is 1. The summed E-state index contributed by atoms with van der Waals surface area (Å²) < 4.78 is 72.4. The first-order valence-electron chi connectivity index (χ1n) is 9.40. The van der Waals surface area contributed by atoms with Crippen LogP contribution in [-0.2, 0) is 26.7 Å². The number of carbonyl (C=O) groups is 1. The molecule has 0 unspecified atom stereocenters. The summed E-state index contributed by atoms with van der Waals surface area (Å²) in [7, 11) is -3.15. The van der Waals surface area contributed by atoms with Gasteiger partial charge in [0.1, 0.15) is 0 Å². The van der Waals surface area contributed by atoms with Crippen molar-refractivity contribution in [2.24, 2.45) is 0 Å². The third kappa shape index (κ3) is 6.18. The Morgan fingerprint density at radius 1 is 1.06 bits per heavy atom. The topological polar surface area (TPSA) is 72.5 Å². The van der Waals surface area contributed by atoms with Crippen LogP contribution in [0.4, 0.5) is 18.9 Å². The molecule has 0 aliphatic heterocycles. The number of alkyl halides is 3. The first-order valence-corrected chi connectivity index (χ1v) is 12.6. The van der Waals surface area contributed by atoms with E-state index in [1.807, 2.05) is 0 Å². The van der Waals surface area contributed by atoms with E-state index in [1.54, 1.807) is 30.3 Å². The molecule has 3 rings (SSSR count). The highest BCUT2D eigenvalue weighted by Crippen LogP contribution is 2.37. The Bertz CT molecular complexity index is 1330.